The first-order valence-electron chi connectivity index (χ1n) is 7.79. The molecule has 1 aromatic rings. The highest BCUT2D eigenvalue weighted by Crippen LogP contribution is 2.26. The summed E-state index contributed by atoms with van der Waals surface area (Å²) in [6.45, 7) is 5.49. The maximum atomic E-state index is 13.3. The van der Waals surface area contributed by atoms with E-state index in [1.54, 1.807) is 6.08 Å². The number of allylic oxidation sites excluding steroid dienone is 2. The Kier molecular flexibility index (Phi) is 5.74. The minimum Gasteiger partial charge on any atom is -0.396 e. The lowest BCUT2D eigenvalue weighted by atomic mass is 9.88. The molecule has 0 bridgehead atoms. The van der Waals surface area contributed by atoms with Crippen molar-refractivity contribution in [2.45, 2.75) is 32.9 Å². The van der Waals surface area contributed by atoms with Crippen LogP contribution in [-0.4, -0.2) is 12.6 Å². The molecule has 0 heterocycles. The lowest BCUT2D eigenvalue weighted by Gasteiger charge is -2.24. The van der Waals surface area contributed by atoms with E-state index in [4.69, 9.17) is 16.2 Å². The highest BCUT2D eigenvalue weighted by molar-refractivity contribution is 5.42. The summed E-state index contributed by atoms with van der Waals surface area (Å²) in [4.78, 5) is 0. The van der Waals surface area contributed by atoms with Gasteiger partial charge >= 0.3 is 0 Å². The fourth-order valence-electron chi connectivity index (χ4n) is 2.36. The normalized spacial score (nSPS) is 20.3. The molecule has 0 aromatic heterocycles. The molecule has 0 fully saturated rings. The van der Waals surface area contributed by atoms with Crippen molar-refractivity contribution in [3.05, 3.63) is 71.2 Å². The Morgan fingerprint density at radius 2 is 1.96 bits per heavy atom. The molecule has 1 unspecified atom stereocenters. The quantitative estimate of drug-likeness (QED) is 0.843. The first-order valence-corrected chi connectivity index (χ1v) is 7.79. The van der Waals surface area contributed by atoms with Gasteiger partial charge in [0.05, 0.1) is 25.0 Å². The van der Waals surface area contributed by atoms with Gasteiger partial charge in [0, 0.05) is 0 Å². The van der Waals surface area contributed by atoms with Crippen LogP contribution in [0.4, 0.5) is 4.39 Å². The summed E-state index contributed by atoms with van der Waals surface area (Å²) in [5.74, 6) is -0.444. The van der Waals surface area contributed by atoms with Crippen LogP contribution in [0.3, 0.4) is 0 Å². The second kappa shape index (κ2) is 7.57. The smallest absolute Gasteiger partial charge is 0.143 e. The van der Waals surface area contributed by atoms with Gasteiger partial charge in [0.25, 0.3) is 0 Å². The molecule has 0 saturated carbocycles. The molecule has 2 rings (SSSR count). The van der Waals surface area contributed by atoms with E-state index in [1.807, 2.05) is 36.4 Å². The number of hydrogen-bond donors (Lipinski definition) is 2. The topological polar surface area (TPSA) is 61.3 Å². The van der Waals surface area contributed by atoms with Gasteiger partial charge in [0.2, 0.25) is 0 Å². The van der Waals surface area contributed by atoms with Crippen molar-refractivity contribution >= 4 is 0 Å². The van der Waals surface area contributed by atoms with Crippen LogP contribution in [0.5, 0.6) is 0 Å². The number of benzene rings is 1. The largest absolute Gasteiger partial charge is 0.396 e. The summed E-state index contributed by atoms with van der Waals surface area (Å²) < 4.78 is 19.2. The number of ether oxygens (including phenoxy) is 1. The third-order valence-electron chi connectivity index (χ3n) is 3.80. The van der Waals surface area contributed by atoms with Crippen LogP contribution < -0.4 is 11.5 Å². The zero-order chi connectivity index (χ0) is 16.9. The Bertz CT molecular complexity index is 618. The van der Waals surface area contributed by atoms with Gasteiger partial charge in [0.1, 0.15) is 5.83 Å². The molecule has 23 heavy (non-hydrogen) atoms. The number of nitrogens with two attached hydrogens (primary N) is 2. The van der Waals surface area contributed by atoms with Crippen molar-refractivity contribution in [3.8, 4) is 0 Å². The molecule has 1 atom stereocenters. The Morgan fingerprint density at radius 3 is 2.65 bits per heavy atom. The molecule has 0 amide bonds. The third-order valence-corrected chi connectivity index (χ3v) is 3.80. The molecule has 1 aliphatic rings. The van der Waals surface area contributed by atoms with E-state index in [0.29, 0.717) is 13.2 Å². The Labute approximate surface area is 137 Å². The van der Waals surface area contributed by atoms with E-state index in [1.165, 1.54) is 6.08 Å². The first kappa shape index (κ1) is 17.4. The number of hydrogen-bond acceptors (Lipinski definition) is 3. The van der Waals surface area contributed by atoms with Gasteiger partial charge in [-0.1, -0.05) is 50.3 Å². The molecule has 0 spiro atoms. The summed E-state index contributed by atoms with van der Waals surface area (Å²) in [5, 5.41) is 0. The maximum Gasteiger partial charge on any atom is 0.143 e. The van der Waals surface area contributed by atoms with Gasteiger partial charge in [-0.05, 0) is 35.1 Å². The van der Waals surface area contributed by atoms with Crippen molar-refractivity contribution in [3.63, 3.8) is 0 Å². The van der Waals surface area contributed by atoms with E-state index in [2.05, 4.69) is 13.8 Å². The molecule has 1 aliphatic carbocycles. The van der Waals surface area contributed by atoms with Crippen LogP contribution in [0.25, 0.3) is 0 Å². The predicted octanol–water partition coefficient (Wildman–Crippen LogP) is 3.58. The van der Waals surface area contributed by atoms with E-state index in [9.17, 15) is 4.39 Å². The number of halogens is 1. The molecule has 0 aliphatic heterocycles. The predicted molar refractivity (Wildman–Crippen MR) is 92.0 cm³/mol. The van der Waals surface area contributed by atoms with Gasteiger partial charge in [-0.3, -0.25) is 0 Å². The second-order valence-corrected chi connectivity index (χ2v) is 6.69. The van der Waals surface area contributed by atoms with E-state index in [-0.39, 0.29) is 11.1 Å². The molecule has 124 valence electrons. The Balaban J connectivity index is 1.87. The van der Waals surface area contributed by atoms with Crippen molar-refractivity contribution in [2.24, 2.45) is 16.9 Å². The van der Waals surface area contributed by atoms with Crippen LogP contribution >= 0.6 is 0 Å². The summed E-state index contributed by atoms with van der Waals surface area (Å²) in [5.41, 5.74) is 13.6. The third kappa shape index (κ3) is 5.34. The van der Waals surface area contributed by atoms with E-state index in [0.717, 1.165) is 17.6 Å². The average molecular weight is 316 g/mol. The standard InChI is InChI=1S/C19H25FN2O/c1-19(2,13-23-12-14-6-4-3-5-7-14)9-8-15-10-18(22)16(20)11-17(15)21/h3-8,10-11,17H,9,12-13,21-22H2,1-2H3. The summed E-state index contributed by atoms with van der Waals surface area (Å²) in [7, 11) is 0. The lowest BCUT2D eigenvalue weighted by molar-refractivity contribution is 0.0526. The average Bonchev–Trinajstić information content (AvgIpc) is 2.50. The van der Waals surface area contributed by atoms with Gasteiger partial charge in [-0.2, -0.15) is 0 Å². The summed E-state index contributed by atoms with van der Waals surface area (Å²) >= 11 is 0. The van der Waals surface area contributed by atoms with Gasteiger partial charge < -0.3 is 16.2 Å². The van der Waals surface area contributed by atoms with Gasteiger partial charge in [-0.25, -0.2) is 4.39 Å². The molecule has 0 radical (unpaired) electrons. The summed E-state index contributed by atoms with van der Waals surface area (Å²) in [6.07, 6.45) is 5.76. The fourth-order valence-corrected chi connectivity index (χ4v) is 2.36. The van der Waals surface area contributed by atoms with Crippen LogP contribution in [0.15, 0.2) is 65.7 Å². The number of rotatable bonds is 6. The van der Waals surface area contributed by atoms with E-state index < -0.39 is 11.9 Å². The fraction of sp³-hybridized carbons (Fsp3) is 0.368. The van der Waals surface area contributed by atoms with Crippen molar-refractivity contribution in [1.29, 1.82) is 0 Å². The van der Waals surface area contributed by atoms with Crippen molar-refractivity contribution in [1.82, 2.24) is 0 Å². The molecular formula is C19H25FN2O. The minimum absolute atomic E-state index is 0.0379. The molecule has 1 aromatic carbocycles. The van der Waals surface area contributed by atoms with E-state index >= 15 is 0 Å². The Morgan fingerprint density at radius 1 is 1.26 bits per heavy atom. The van der Waals surface area contributed by atoms with Crippen LogP contribution in [0.2, 0.25) is 0 Å². The van der Waals surface area contributed by atoms with Crippen molar-refractivity contribution in [2.75, 3.05) is 6.61 Å². The second-order valence-electron chi connectivity index (χ2n) is 6.69. The SMILES string of the molecule is CC(C)(CC=C1C=C(N)C(F)=CC1N)COCc1ccccc1. The van der Waals surface area contributed by atoms with Crippen molar-refractivity contribution < 1.29 is 9.13 Å². The van der Waals surface area contributed by atoms with Crippen LogP contribution in [0, 0.1) is 5.41 Å². The van der Waals surface area contributed by atoms with Crippen LogP contribution in [-0.2, 0) is 11.3 Å². The monoisotopic (exact) mass is 316 g/mol. The maximum absolute atomic E-state index is 13.3. The van der Waals surface area contributed by atoms with Crippen LogP contribution in [0.1, 0.15) is 25.8 Å². The zero-order valence-corrected chi connectivity index (χ0v) is 13.8. The minimum atomic E-state index is -0.444. The molecule has 0 saturated heterocycles. The summed E-state index contributed by atoms with van der Waals surface area (Å²) in [6, 6.07) is 9.64. The Hall–Kier alpha value is -1.91. The first-order chi connectivity index (χ1) is 10.9. The molecule has 4 N–H and O–H groups in total. The zero-order valence-electron chi connectivity index (χ0n) is 13.8. The highest BCUT2D eigenvalue weighted by atomic mass is 19.1. The van der Waals surface area contributed by atoms with Gasteiger partial charge in [-0.15, -0.1) is 0 Å². The van der Waals surface area contributed by atoms with Gasteiger partial charge in [0.15, 0.2) is 0 Å². The molecule has 3 nitrogen and oxygen atoms in total. The molecular weight excluding hydrogens is 291 g/mol. The highest BCUT2D eigenvalue weighted by Gasteiger charge is 2.19. The molecule has 4 heteroatoms. The lowest BCUT2D eigenvalue weighted by Crippen LogP contribution is -2.25.